The number of methoxy groups -OCH3 is 1. The number of hydrogen-bond donors (Lipinski definition) is 1. The number of nitrogens with two attached hydrogens (primary N) is 1. The number of primary amides is 1. The monoisotopic (exact) mass is 222 g/mol. The van der Waals surface area contributed by atoms with Crippen molar-refractivity contribution in [1.82, 2.24) is 0 Å². The Morgan fingerprint density at radius 2 is 2.27 bits per heavy atom. The molecule has 78 valence electrons. The molecule has 2 N–H and O–H groups in total. The molecule has 1 aromatic carbocycles. The SMILES string of the molecule is COc1cc(N=C=S)c(C)cc1C(N)=O. The van der Waals surface area contributed by atoms with Crippen molar-refractivity contribution in [2.75, 3.05) is 7.11 Å². The first-order valence-electron chi connectivity index (χ1n) is 4.16. The van der Waals surface area contributed by atoms with E-state index in [2.05, 4.69) is 22.4 Å². The maximum absolute atomic E-state index is 11.1. The van der Waals surface area contributed by atoms with E-state index in [1.807, 2.05) is 0 Å². The fourth-order valence-corrected chi connectivity index (χ4v) is 1.31. The number of ether oxygens (including phenoxy) is 1. The van der Waals surface area contributed by atoms with E-state index in [9.17, 15) is 4.79 Å². The van der Waals surface area contributed by atoms with Gasteiger partial charge in [-0.1, -0.05) is 0 Å². The average molecular weight is 222 g/mol. The minimum absolute atomic E-state index is 0.332. The van der Waals surface area contributed by atoms with E-state index in [-0.39, 0.29) is 0 Å². The minimum Gasteiger partial charge on any atom is -0.496 e. The second-order valence-electron chi connectivity index (χ2n) is 2.91. The number of isothiocyanates is 1. The van der Waals surface area contributed by atoms with Gasteiger partial charge in [-0.3, -0.25) is 4.79 Å². The Morgan fingerprint density at radius 1 is 1.60 bits per heavy atom. The smallest absolute Gasteiger partial charge is 0.252 e. The predicted molar refractivity (Wildman–Crippen MR) is 60.9 cm³/mol. The van der Waals surface area contributed by atoms with Crippen molar-refractivity contribution in [3.05, 3.63) is 23.3 Å². The standard InChI is InChI=1S/C10H10N2O2S/c1-6-3-7(10(11)13)9(14-2)4-8(6)12-5-15/h3-4H,1-2H3,(H2,11,13). The van der Waals surface area contributed by atoms with Crippen LogP contribution < -0.4 is 10.5 Å². The molecule has 1 aromatic rings. The first-order chi connectivity index (χ1) is 7.10. The third-order valence-corrected chi connectivity index (χ3v) is 2.04. The minimum atomic E-state index is -0.534. The Bertz CT molecular complexity index is 451. The van der Waals surface area contributed by atoms with Crippen LogP contribution in [0, 0.1) is 6.92 Å². The summed E-state index contributed by atoms with van der Waals surface area (Å²) in [6.07, 6.45) is 0. The van der Waals surface area contributed by atoms with Crippen LogP contribution in [0.5, 0.6) is 5.75 Å². The molecule has 0 radical (unpaired) electrons. The highest BCUT2D eigenvalue weighted by molar-refractivity contribution is 7.78. The third-order valence-electron chi connectivity index (χ3n) is 1.95. The lowest BCUT2D eigenvalue weighted by Gasteiger charge is -2.08. The molecule has 0 unspecified atom stereocenters. The molecule has 0 fully saturated rings. The number of nitrogens with zero attached hydrogens (tertiary/aromatic N) is 1. The van der Waals surface area contributed by atoms with Crippen LogP contribution in [0.1, 0.15) is 15.9 Å². The highest BCUT2D eigenvalue weighted by Gasteiger charge is 2.11. The molecule has 0 aliphatic heterocycles. The molecule has 0 aliphatic rings. The van der Waals surface area contributed by atoms with Crippen molar-refractivity contribution in [3.8, 4) is 5.75 Å². The number of aryl methyl sites for hydroxylation is 1. The molecule has 0 bridgehead atoms. The van der Waals surface area contributed by atoms with E-state index >= 15 is 0 Å². The first-order valence-corrected chi connectivity index (χ1v) is 4.57. The van der Waals surface area contributed by atoms with Gasteiger partial charge in [0.25, 0.3) is 5.91 Å². The van der Waals surface area contributed by atoms with E-state index in [1.165, 1.54) is 7.11 Å². The van der Waals surface area contributed by atoms with Gasteiger partial charge in [0.05, 0.1) is 23.5 Å². The fourth-order valence-electron chi connectivity index (χ4n) is 1.21. The van der Waals surface area contributed by atoms with Gasteiger partial charge < -0.3 is 10.5 Å². The molecule has 0 aliphatic carbocycles. The second-order valence-corrected chi connectivity index (χ2v) is 3.09. The molecule has 0 spiro atoms. The molecule has 4 nitrogen and oxygen atoms in total. The zero-order valence-electron chi connectivity index (χ0n) is 8.40. The number of amides is 1. The van der Waals surface area contributed by atoms with E-state index in [0.29, 0.717) is 17.0 Å². The van der Waals surface area contributed by atoms with E-state index in [4.69, 9.17) is 10.5 Å². The van der Waals surface area contributed by atoms with Crippen LogP contribution in [-0.4, -0.2) is 18.2 Å². The lowest BCUT2D eigenvalue weighted by atomic mass is 10.1. The average Bonchev–Trinajstić information content (AvgIpc) is 2.20. The van der Waals surface area contributed by atoms with Crippen LogP contribution in [0.15, 0.2) is 17.1 Å². The lowest BCUT2D eigenvalue weighted by Crippen LogP contribution is -2.12. The molecule has 0 saturated heterocycles. The van der Waals surface area contributed by atoms with Crippen molar-refractivity contribution in [2.24, 2.45) is 10.7 Å². The summed E-state index contributed by atoms with van der Waals surface area (Å²) in [5.74, 6) is -0.148. The Morgan fingerprint density at radius 3 is 2.73 bits per heavy atom. The van der Waals surface area contributed by atoms with Crippen molar-refractivity contribution >= 4 is 29.0 Å². The normalized spacial score (nSPS) is 9.20. The zero-order valence-corrected chi connectivity index (χ0v) is 9.22. The maximum Gasteiger partial charge on any atom is 0.252 e. The number of rotatable bonds is 3. The van der Waals surface area contributed by atoms with Crippen LogP contribution in [0.25, 0.3) is 0 Å². The van der Waals surface area contributed by atoms with Gasteiger partial charge in [0.15, 0.2) is 0 Å². The number of hydrogen-bond acceptors (Lipinski definition) is 4. The summed E-state index contributed by atoms with van der Waals surface area (Å²) in [7, 11) is 1.46. The van der Waals surface area contributed by atoms with Gasteiger partial charge in [-0.05, 0) is 30.8 Å². The summed E-state index contributed by atoms with van der Waals surface area (Å²) in [6, 6.07) is 3.22. The van der Waals surface area contributed by atoms with Crippen molar-refractivity contribution < 1.29 is 9.53 Å². The summed E-state index contributed by atoms with van der Waals surface area (Å²) in [4.78, 5) is 14.9. The van der Waals surface area contributed by atoms with Gasteiger partial charge in [-0.25, -0.2) is 0 Å². The molecule has 0 aromatic heterocycles. The van der Waals surface area contributed by atoms with Crippen molar-refractivity contribution in [3.63, 3.8) is 0 Å². The Balaban J connectivity index is 3.41. The number of carbonyl (C=O) groups is 1. The molecular weight excluding hydrogens is 212 g/mol. The topological polar surface area (TPSA) is 64.7 Å². The van der Waals surface area contributed by atoms with Crippen molar-refractivity contribution in [2.45, 2.75) is 6.92 Å². The quantitative estimate of drug-likeness (QED) is 0.627. The van der Waals surface area contributed by atoms with Gasteiger partial charge >= 0.3 is 0 Å². The number of benzene rings is 1. The van der Waals surface area contributed by atoms with E-state index in [0.717, 1.165) is 5.56 Å². The molecule has 1 rings (SSSR count). The van der Waals surface area contributed by atoms with Gasteiger partial charge in [-0.2, -0.15) is 4.99 Å². The van der Waals surface area contributed by atoms with Crippen molar-refractivity contribution in [1.29, 1.82) is 0 Å². The third kappa shape index (κ3) is 2.40. The summed E-state index contributed by atoms with van der Waals surface area (Å²) in [6.45, 7) is 1.80. The van der Waals surface area contributed by atoms with Crippen LogP contribution in [-0.2, 0) is 0 Å². The van der Waals surface area contributed by atoms with Gasteiger partial charge in [0, 0.05) is 6.07 Å². The first kappa shape index (κ1) is 11.4. The largest absolute Gasteiger partial charge is 0.496 e. The fraction of sp³-hybridized carbons (Fsp3) is 0.200. The zero-order chi connectivity index (χ0) is 11.4. The number of carbonyl (C=O) groups excluding carboxylic acids is 1. The molecule has 15 heavy (non-hydrogen) atoms. The summed E-state index contributed by atoms with van der Waals surface area (Å²) >= 11 is 4.51. The summed E-state index contributed by atoms with van der Waals surface area (Å²) < 4.78 is 5.03. The van der Waals surface area contributed by atoms with E-state index in [1.54, 1.807) is 19.1 Å². The number of thiocarbonyl (C=S) groups is 1. The van der Waals surface area contributed by atoms with Crippen LogP contribution in [0.4, 0.5) is 5.69 Å². The molecular formula is C10H10N2O2S. The number of aliphatic imine (C=N–C) groups is 1. The summed E-state index contributed by atoms with van der Waals surface area (Å²) in [5, 5.41) is 2.26. The predicted octanol–water partition coefficient (Wildman–Crippen LogP) is 1.84. The highest BCUT2D eigenvalue weighted by Crippen LogP contribution is 2.28. The van der Waals surface area contributed by atoms with Gasteiger partial charge in [0.1, 0.15) is 5.75 Å². The maximum atomic E-state index is 11.1. The molecule has 0 saturated carbocycles. The second kappa shape index (κ2) is 4.68. The van der Waals surface area contributed by atoms with Crippen LogP contribution in [0.2, 0.25) is 0 Å². The molecule has 5 heteroatoms. The van der Waals surface area contributed by atoms with Gasteiger partial charge in [-0.15, -0.1) is 0 Å². The Hall–Kier alpha value is -1.71. The Labute approximate surface area is 92.8 Å². The highest BCUT2D eigenvalue weighted by atomic mass is 32.1. The van der Waals surface area contributed by atoms with Crippen LogP contribution in [0.3, 0.4) is 0 Å². The lowest BCUT2D eigenvalue weighted by molar-refractivity contribution is 0.0997. The molecule has 0 heterocycles. The van der Waals surface area contributed by atoms with Gasteiger partial charge in [0.2, 0.25) is 0 Å². The Kier molecular flexibility index (Phi) is 3.55. The van der Waals surface area contributed by atoms with Crippen LogP contribution >= 0.6 is 12.2 Å². The van der Waals surface area contributed by atoms with E-state index < -0.39 is 5.91 Å². The molecule has 0 atom stereocenters. The summed E-state index contributed by atoms with van der Waals surface area (Å²) in [5.41, 5.74) is 6.94. The molecule has 1 amide bonds.